The van der Waals surface area contributed by atoms with Gasteiger partial charge in [0.25, 0.3) is 5.91 Å². The zero-order valence-electron chi connectivity index (χ0n) is 19.6. The molecule has 0 bridgehead atoms. The molecule has 0 radical (unpaired) electrons. The molecule has 2 aromatic carbocycles. The first-order chi connectivity index (χ1) is 16.9. The number of hydrogen-bond acceptors (Lipinski definition) is 9. The number of para-hydroxylation sites is 1. The highest BCUT2D eigenvalue weighted by Crippen LogP contribution is 2.33. The van der Waals surface area contributed by atoms with Crippen molar-refractivity contribution in [3.05, 3.63) is 76.1 Å². The van der Waals surface area contributed by atoms with Crippen molar-refractivity contribution in [3.8, 4) is 5.75 Å². The number of aryl methyl sites for hydroxylation is 1. The minimum Gasteiger partial charge on any atom is -0.484 e. The number of ether oxygens (including phenoxy) is 1. The van der Waals surface area contributed by atoms with Gasteiger partial charge in [0.15, 0.2) is 6.61 Å². The molecular formula is C24H27N7O4. The molecule has 11 nitrogen and oxygen atoms in total. The molecule has 0 atom stereocenters. The van der Waals surface area contributed by atoms with Crippen LogP contribution >= 0.6 is 0 Å². The molecule has 0 spiro atoms. The van der Waals surface area contributed by atoms with Crippen molar-refractivity contribution in [2.45, 2.75) is 13.8 Å². The van der Waals surface area contributed by atoms with Crippen molar-refractivity contribution in [1.82, 2.24) is 15.4 Å². The summed E-state index contributed by atoms with van der Waals surface area (Å²) in [5.41, 5.74) is 8.28. The number of hydrogen-bond donors (Lipinski definition) is 2. The molecule has 182 valence electrons. The highest BCUT2D eigenvalue weighted by molar-refractivity contribution is 5.80. The fourth-order valence-electron chi connectivity index (χ4n) is 3.93. The Bertz CT molecular complexity index is 1200. The van der Waals surface area contributed by atoms with Gasteiger partial charge < -0.3 is 14.5 Å². The van der Waals surface area contributed by atoms with Crippen LogP contribution in [0.25, 0.3) is 0 Å². The minimum absolute atomic E-state index is 0.0926. The lowest BCUT2D eigenvalue weighted by molar-refractivity contribution is -0.383. The maximum Gasteiger partial charge on any atom is 0.355 e. The summed E-state index contributed by atoms with van der Waals surface area (Å²) >= 11 is 0. The Morgan fingerprint density at radius 1 is 1.03 bits per heavy atom. The van der Waals surface area contributed by atoms with E-state index in [-0.39, 0.29) is 23.9 Å². The number of benzene rings is 2. The maximum atomic E-state index is 12.2. The summed E-state index contributed by atoms with van der Waals surface area (Å²) in [7, 11) is 0. The van der Waals surface area contributed by atoms with Gasteiger partial charge in [0, 0.05) is 31.9 Å². The van der Waals surface area contributed by atoms with E-state index in [1.807, 2.05) is 17.0 Å². The lowest BCUT2D eigenvalue weighted by atomic mass is 10.1. The fourth-order valence-corrected chi connectivity index (χ4v) is 3.93. The number of nitrogens with one attached hydrogen (secondary N) is 2. The Kier molecular flexibility index (Phi) is 7.24. The largest absolute Gasteiger partial charge is 0.484 e. The van der Waals surface area contributed by atoms with Gasteiger partial charge in [-0.25, -0.2) is 9.97 Å². The van der Waals surface area contributed by atoms with Gasteiger partial charge in [-0.3, -0.25) is 25.8 Å². The van der Waals surface area contributed by atoms with E-state index in [4.69, 9.17) is 4.74 Å². The molecule has 4 rings (SSSR count). The van der Waals surface area contributed by atoms with Crippen molar-refractivity contribution >= 4 is 28.9 Å². The molecule has 0 unspecified atom stereocenters. The van der Waals surface area contributed by atoms with E-state index in [0.29, 0.717) is 31.9 Å². The predicted octanol–water partition coefficient (Wildman–Crippen LogP) is 2.85. The molecule has 2 N–H and O–H groups in total. The van der Waals surface area contributed by atoms with Crippen LogP contribution in [0.3, 0.4) is 0 Å². The second-order valence-electron chi connectivity index (χ2n) is 8.12. The number of amides is 1. The molecule has 1 fully saturated rings. The first-order valence-electron chi connectivity index (χ1n) is 11.2. The molecule has 1 aromatic heterocycles. The number of rotatable bonds is 8. The van der Waals surface area contributed by atoms with Gasteiger partial charge in [-0.15, -0.1) is 0 Å². The molecule has 2 heterocycles. The molecule has 3 aromatic rings. The van der Waals surface area contributed by atoms with Crippen molar-refractivity contribution in [3.63, 3.8) is 0 Å². The van der Waals surface area contributed by atoms with Gasteiger partial charge in [-0.2, -0.15) is 0 Å². The van der Waals surface area contributed by atoms with E-state index in [1.165, 1.54) is 23.1 Å². The molecule has 0 saturated carbocycles. The van der Waals surface area contributed by atoms with Crippen LogP contribution in [0.2, 0.25) is 0 Å². The zero-order chi connectivity index (χ0) is 24.8. The van der Waals surface area contributed by atoms with E-state index in [2.05, 4.69) is 51.7 Å². The van der Waals surface area contributed by atoms with Crippen molar-refractivity contribution in [1.29, 1.82) is 0 Å². The van der Waals surface area contributed by atoms with Crippen LogP contribution in [0.1, 0.15) is 11.1 Å². The molecule has 1 saturated heterocycles. The highest BCUT2D eigenvalue weighted by Gasteiger charge is 2.30. The molecule has 35 heavy (non-hydrogen) atoms. The van der Waals surface area contributed by atoms with Crippen molar-refractivity contribution in [2.75, 3.05) is 48.0 Å². The Labute approximate surface area is 202 Å². The number of aromatic nitrogens is 2. The predicted molar refractivity (Wildman–Crippen MR) is 133 cm³/mol. The highest BCUT2D eigenvalue weighted by atomic mass is 16.6. The smallest absolute Gasteiger partial charge is 0.355 e. The van der Waals surface area contributed by atoms with Crippen molar-refractivity contribution in [2.24, 2.45) is 0 Å². The van der Waals surface area contributed by atoms with E-state index in [9.17, 15) is 14.9 Å². The van der Waals surface area contributed by atoms with Crippen LogP contribution in [0.5, 0.6) is 5.75 Å². The molecular weight excluding hydrogens is 450 g/mol. The van der Waals surface area contributed by atoms with Crippen LogP contribution in [0.15, 0.2) is 54.9 Å². The number of anilines is 3. The lowest BCUT2D eigenvalue weighted by Gasteiger charge is -2.37. The van der Waals surface area contributed by atoms with E-state index >= 15 is 0 Å². The number of nitro groups is 1. The summed E-state index contributed by atoms with van der Waals surface area (Å²) in [6.45, 7) is 6.43. The molecule has 0 aliphatic carbocycles. The summed E-state index contributed by atoms with van der Waals surface area (Å²) in [6.07, 6.45) is 1.24. The summed E-state index contributed by atoms with van der Waals surface area (Å²) in [6, 6.07) is 15.1. The second kappa shape index (κ2) is 10.7. The van der Waals surface area contributed by atoms with Gasteiger partial charge in [0.2, 0.25) is 11.6 Å². The van der Waals surface area contributed by atoms with Crippen molar-refractivity contribution < 1.29 is 14.5 Å². The van der Waals surface area contributed by atoms with Crippen LogP contribution in [-0.2, 0) is 4.79 Å². The third-order valence-corrected chi connectivity index (χ3v) is 5.91. The number of nitrogens with zero attached hydrogens (tertiary/aromatic N) is 5. The van der Waals surface area contributed by atoms with E-state index in [1.54, 1.807) is 24.3 Å². The summed E-state index contributed by atoms with van der Waals surface area (Å²) in [4.78, 5) is 35.8. The molecule has 1 amide bonds. The molecule has 11 heteroatoms. The molecule has 1 aliphatic rings. The third kappa shape index (κ3) is 5.57. The molecule has 1 aliphatic heterocycles. The van der Waals surface area contributed by atoms with Crippen LogP contribution in [0.4, 0.5) is 23.0 Å². The average molecular weight is 478 g/mol. The average Bonchev–Trinajstić information content (AvgIpc) is 2.88. The van der Waals surface area contributed by atoms with Crippen LogP contribution < -0.4 is 25.4 Å². The summed E-state index contributed by atoms with van der Waals surface area (Å²) in [5, 5.41) is 11.9. The lowest BCUT2D eigenvalue weighted by Crippen LogP contribution is -2.47. The second-order valence-corrected chi connectivity index (χ2v) is 8.12. The third-order valence-electron chi connectivity index (χ3n) is 5.91. The standard InChI is InChI=1S/C24H27N7O4/c1-17-7-6-10-20(18(17)2)29-11-13-30(14-12-29)24-22(31(33)34)23(25-16-26-24)28-27-21(32)15-35-19-8-4-3-5-9-19/h3-10,16H,11-15H2,1-2H3,(H,27,32)(H,25,26,28). The SMILES string of the molecule is Cc1cccc(N2CCN(c3ncnc(NNC(=O)COc4ccccc4)c3[N+](=O)[O-])CC2)c1C. The Balaban J connectivity index is 1.41. The maximum absolute atomic E-state index is 12.2. The van der Waals surface area contributed by atoms with Gasteiger partial charge in [0.05, 0.1) is 4.92 Å². The number of piperazine rings is 1. The quantitative estimate of drug-likeness (QED) is 0.372. The van der Waals surface area contributed by atoms with Crippen LogP contribution in [-0.4, -0.2) is 53.6 Å². The van der Waals surface area contributed by atoms with E-state index in [0.717, 1.165) is 0 Å². The summed E-state index contributed by atoms with van der Waals surface area (Å²) < 4.78 is 5.38. The van der Waals surface area contributed by atoms with Gasteiger partial charge >= 0.3 is 5.69 Å². The van der Waals surface area contributed by atoms with Gasteiger partial charge in [-0.1, -0.05) is 30.3 Å². The van der Waals surface area contributed by atoms with Gasteiger partial charge in [-0.05, 0) is 43.2 Å². The van der Waals surface area contributed by atoms with Gasteiger partial charge in [0.1, 0.15) is 12.1 Å². The normalized spacial score (nSPS) is 13.3. The number of carbonyl (C=O) groups excluding carboxylic acids is 1. The monoisotopic (exact) mass is 477 g/mol. The van der Waals surface area contributed by atoms with Crippen LogP contribution in [0, 0.1) is 24.0 Å². The first-order valence-corrected chi connectivity index (χ1v) is 11.2. The minimum atomic E-state index is -0.540. The van der Waals surface area contributed by atoms with E-state index < -0.39 is 10.8 Å². The first kappa shape index (κ1) is 23.7. The number of hydrazine groups is 1. The topological polar surface area (TPSA) is 126 Å². The zero-order valence-corrected chi connectivity index (χ0v) is 19.6. The Morgan fingerprint density at radius 3 is 2.46 bits per heavy atom. The number of carbonyl (C=O) groups is 1. The Morgan fingerprint density at radius 2 is 1.74 bits per heavy atom. The Hall–Kier alpha value is -4.41. The summed E-state index contributed by atoms with van der Waals surface area (Å²) in [5.74, 6) is 0.149. The fraction of sp³-hybridized carbons (Fsp3) is 0.292.